The minimum atomic E-state index is -0.753. The van der Waals surface area contributed by atoms with Crippen molar-refractivity contribution in [2.75, 3.05) is 11.3 Å². The number of anilines is 1. The second kappa shape index (κ2) is 7.33. The molecule has 0 unspecified atom stereocenters. The fourth-order valence-corrected chi connectivity index (χ4v) is 1.93. The molecule has 10 nitrogen and oxygen atoms in total. The zero-order chi connectivity index (χ0) is 17.7. The first-order chi connectivity index (χ1) is 11.4. The Balaban J connectivity index is 2.16. The molecule has 0 fully saturated rings. The molecule has 0 radical (unpaired) electrons. The van der Waals surface area contributed by atoms with Gasteiger partial charge in [0.15, 0.2) is 5.78 Å². The van der Waals surface area contributed by atoms with Gasteiger partial charge >= 0.3 is 5.69 Å². The van der Waals surface area contributed by atoms with Gasteiger partial charge < -0.3 is 4.98 Å². The van der Waals surface area contributed by atoms with Crippen LogP contribution >= 0.6 is 11.6 Å². The predicted molar refractivity (Wildman–Crippen MR) is 86.8 cm³/mol. The maximum Gasteiger partial charge on any atom is 0.301 e. The summed E-state index contributed by atoms with van der Waals surface area (Å²) in [4.78, 5) is 34.3. The van der Waals surface area contributed by atoms with Crippen LogP contribution in [0, 0.1) is 20.2 Å². The van der Waals surface area contributed by atoms with Crippen molar-refractivity contribution in [1.29, 1.82) is 0 Å². The molecule has 1 heterocycles. The highest BCUT2D eigenvalue weighted by atomic mass is 35.5. The van der Waals surface area contributed by atoms with Crippen LogP contribution in [0.2, 0.25) is 0 Å². The molecule has 0 aliphatic carbocycles. The number of benzene rings is 1. The number of aromatic amines is 1. The zero-order valence-electron chi connectivity index (χ0n) is 11.9. The monoisotopic (exact) mass is 351 g/mol. The molecule has 11 heteroatoms. The first kappa shape index (κ1) is 17.1. The summed E-state index contributed by atoms with van der Waals surface area (Å²) >= 11 is 5.44. The van der Waals surface area contributed by atoms with Gasteiger partial charge in [-0.1, -0.05) is 0 Å². The number of halogens is 1. The van der Waals surface area contributed by atoms with Gasteiger partial charge in [0.05, 0.1) is 33.7 Å². The predicted octanol–water partition coefficient (Wildman–Crippen LogP) is 2.70. The molecule has 0 saturated heterocycles. The number of hydrogen-bond acceptors (Lipinski definition) is 7. The van der Waals surface area contributed by atoms with Gasteiger partial charge in [-0.3, -0.25) is 30.4 Å². The molecule has 24 heavy (non-hydrogen) atoms. The van der Waals surface area contributed by atoms with E-state index in [0.717, 1.165) is 12.1 Å². The molecule has 0 aliphatic heterocycles. The van der Waals surface area contributed by atoms with Crippen molar-refractivity contribution in [1.82, 2.24) is 4.98 Å². The van der Waals surface area contributed by atoms with Gasteiger partial charge in [-0.25, -0.2) is 0 Å². The Hall–Kier alpha value is -3.27. The molecule has 1 aromatic carbocycles. The third-order valence-corrected chi connectivity index (χ3v) is 3.17. The first-order valence-electron chi connectivity index (χ1n) is 6.42. The highest BCUT2D eigenvalue weighted by molar-refractivity contribution is 6.30. The van der Waals surface area contributed by atoms with Crippen LogP contribution in [0.4, 0.5) is 17.1 Å². The van der Waals surface area contributed by atoms with Crippen molar-refractivity contribution in [3.05, 3.63) is 61.9 Å². The van der Waals surface area contributed by atoms with Gasteiger partial charge in [0.25, 0.3) is 5.69 Å². The lowest BCUT2D eigenvalue weighted by atomic mass is 10.2. The third-order valence-electron chi connectivity index (χ3n) is 2.93. The number of hydrazone groups is 1. The van der Waals surface area contributed by atoms with Crippen molar-refractivity contribution in [2.24, 2.45) is 5.10 Å². The first-order valence-corrected chi connectivity index (χ1v) is 6.95. The third kappa shape index (κ3) is 3.93. The van der Waals surface area contributed by atoms with Gasteiger partial charge in [0.1, 0.15) is 5.69 Å². The van der Waals surface area contributed by atoms with Crippen LogP contribution in [0.25, 0.3) is 0 Å². The number of nitro benzene ring substituents is 2. The molecular formula is C13H10ClN5O5. The Labute approximate surface area is 139 Å². The lowest BCUT2D eigenvalue weighted by Gasteiger charge is -2.01. The van der Waals surface area contributed by atoms with Crippen molar-refractivity contribution < 1.29 is 14.6 Å². The van der Waals surface area contributed by atoms with Gasteiger partial charge in [0, 0.05) is 17.8 Å². The van der Waals surface area contributed by atoms with Gasteiger partial charge in [-0.05, 0) is 12.1 Å². The van der Waals surface area contributed by atoms with E-state index in [1.165, 1.54) is 24.5 Å². The fourth-order valence-electron chi connectivity index (χ4n) is 1.78. The molecule has 124 valence electrons. The fraction of sp³-hybridized carbons (Fsp3) is 0.0769. The molecule has 0 aliphatic rings. The number of Topliss-reactive ketones (excluding diaryl/α,β-unsaturated/α-hetero) is 1. The number of carbonyl (C=O) groups is 1. The topological polar surface area (TPSA) is 144 Å². The van der Waals surface area contributed by atoms with Crippen molar-refractivity contribution in [3.63, 3.8) is 0 Å². The second-order valence-electron chi connectivity index (χ2n) is 4.49. The number of nitro groups is 2. The number of nitrogens with one attached hydrogen (secondary N) is 2. The highest BCUT2D eigenvalue weighted by Crippen LogP contribution is 2.28. The van der Waals surface area contributed by atoms with E-state index in [4.69, 9.17) is 11.6 Å². The van der Waals surface area contributed by atoms with E-state index in [2.05, 4.69) is 15.5 Å². The molecule has 0 bridgehead atoms. The summed E-state index contributed by atoms with van der Waals surface area (Å²) in [7, 11) is 0. The number of aromatic nitrogens is 1. The minimum Gasteiger partial charge on any atom is -0.360 e. The molecule has 2 N–H and O–H groups in total. The summed E-state index contributed by atoms with van der Waals surface area (Å²) in [6.45, 7) is 0. The summed E-state index contributed by atoms with van der Waals surface area (Å²) in [6, 6.07) is 4.66. The lowest BCUT2D eigenvalue weighted by Crippen LogP contribution is -1.99. The van der Waals surface area contributed by atoms with E-state index in [9.17, 15) is 25.0 Å². The van der Waals surface area contributed by atoms with Crippen molar-refractivity contribution in [3.8, 4) is 0 Å². The van der Waals surface area contributed by atoms with Gasteiger partial charge in [-0.15, -0.1) is 11.6 Å². The van der Waals surface area contributed by atoms with E-state index < -0.39 is 21.2 Å². The molecule has 0 saturated carbocycles. The number of alkyl halides is 1. The largest absolute Gasteiger partial charge is 0.360 e. The van der Waals surface area contributed by atoms with E-state index in [1.54, 1.807) is 0 Å². The highest BCUT2D eigenvalue weighted by Gasteiger charge is 2.19. The number of rotatable bonds is 7. The number of hydrogen-bond donors (Lipinski definition) is 2. The van der Waals surface area contributed by atoms with E-state index in [1.807, 2.05) is 0 Å². The summed E-state index contributed by atoms with van der Waals surface area (Å²) in [6.07, 6.45) is 2.76. The maximum atomic E-state index is 11.4. The molecule has 2 aromatic rings. The quantitative estimate of drug-likeness (QED) is 0.258. The summed E-state index contributed by atoms with van der Waals surface area (Å²) in [5, 5.41) is 25.4. The minimum absolute atomic E-state index is 0.00883. The molecule has 1 aromatic heterocycles. The Morgan fingerprint density at radius 1 is 1.29 bits per heavy atom. The second-order valence-corrected chi connectivity index (χ2v) is 4.75. The molecule has 0 spiro atoms. The van der Waals surface area contributed by atoms with E-state index in [-0.39, 0.29) is 17.4 Å². The average Bonchev–Trinajstić information content (AvgIpc) is 3.02. The average molecular weight is 352 g/mol. The number of H-pyrrole nitrogens is 1. The van der Waals surface area contributed by atoms with E-state index in [0.29, 0.717) is 11.3 Å². The summed E-state index contributed by atoms with van der Waals surface area (Å²) in [5.41, 5.74) is 2.40. The summed E-state index contributed by atoms with van der Waals surface area (Å²) < 4.78 is 0. The van der Waals surface area contributed by atoms with Gasteiger partial charge in [-0.2, -0.15) is 5.10 Å². The van der Waals surface area contributed by atoms with Crippen LogP contribution in [0.1, 0.15) is 16.1 Å². The molecule has 0 amide bonds. The number of carbonyl (C=O) groups excluding carboxylic acids is 1. The zero-order valence-corrected chi connectivity index (χ0v) is 12.7. The smallest absolute Gasteiger partial charge is 0.301 e. The SMILES string of the molecule is O=C(CCl)c1c[nH]c(/C=N/Nc2ccc([N+](=O)[O-])cc2[N+](=O)[O-])c1. The normalized spacial score (nSPS) is 10.7. The number of non-ortho nitro benzene ring substituents is 1. The Morgan fingerprint density at radius 3 is 2.67 bits per heavy atom. The number of nitrogens with zero attached hydrogens (tertiary/aromatic N) is 3. The van der Waals surface area contributed by atoms with Crippen LogP contribution in [0.5, 0.6) is 0 Å². The van der Waals surface area contributed by atoms with Crippen LogP contribution in [-0.4, -0.2) is 32.7 Å². The standard InChI is InChI=1S/C13H10ClN5O5/c14-5-13(20)8-3-9(15-6-8)7-16-17-11-2-1-10(18(21)22)4-12(11)19(23)24/h1-4,6-7,15,17H,5H2/b16-7+. The van der Waals surface area contributed by atoms with Crippen LogP contribution in [0.3, 0.4) is 0 Å². The van der Waals surface area contributed by atoms with Crippen molar-refractivity contribution >= 4 is 40.7 Å². The van der Waals surface area contributed by atoms with Crippen molar-refractivity contribution in [2.45, 2.75) is 0 Å². The van der Waals surface area contributed by atoms with Crippen LogP contribution in [-0.2, 0) is 0 Å². The lowest BCUT2D eigenvalue weighted by molar-refractivity contribution is -0.393. The Kier molecular flexibility index (Phi) is 5.22. The Bertz CT molecular complexity index is 832. The molecule has 0 atom stereocenters. The van der Waals surface area contributed by atoms with Crippen LogP contribution in [0.15, 0.2) is 35.6 Å². The number of ketones is 1. The Morgan fingerprint density at radius 2 is 2.04 bits per heavy atom. The molecule has 2 rings (SSSR count). The van der Waals surface area contributed by atoms with E-state index >= 15 is 0 Å². The van der Waals surface area contributed by atoms with Gasteiger partial charge in [0.2, 0.25) is 0 Å². The summed E-state index contributed by atoms with van der Waals surface area (Å²) in [5.74, 6) is -0.409. The molecular weight excluding hydrogens is 342 g/mol. The van der Waals surface area contributed by atoms with Crippen LogP contribution < -0.4 is 5.43 Å². The maximum absolute atomic E-state index is 11.4.